The minimum atomic E-state index is -0.855. The summed E-state index contributed by atoms with van der Waals surface area (Å²) in [6.45, 7) is 19.9. The van der Waals surface area contributed by atoms with Crippen LogP contribution < -0.4 is 0 Å². The summed E-state index contributed by atoms with van der Waals surface area (Å²) < 4.78 is 0. The smallest absolute Gasteiger partial charge is 0.227 e. The van der Waals surface area contributed by atoms with Crippen LogP contribution in [-0.2, 0) is 19.6 Å². The molecule has 0 spiro atoms. The Bertz CT molecular complexity index is 438. The van der Waals surface area contributed by atoms with Crippen LogP contribution >= 0.6 is 0 Å². The highest BCUT2D eigenvalue weighted by Crippen LogP contribution is 2.48. The fourth-order valence-corrected chi connectivity index (χ4v) is 4.57. The number of rotatable bonds is 14. The van der Waals surface area contributed by atoms with Crippen molar-refractivity contribution in [2.75, 3.05) is 0 Å². The average Bonchev–Trinajstić information content (AvgIpc) is 2.66. The molecule has 1 saturated carbocycles. The van der Waals surface area contributed by atoms with Crippen molar-refractivity contribution in [1.82, 2.24) is 0 Å². The van der Waals surface area contributed by atoms with Crippen LogP contribution in [0.25, 0.3) is 0 Å². The third-order valence-electron chi connectivity index (χ3n) is 6.71. The highest BCUT2D eigenvalue weighted by Gasteiger charge is 2.49. The topological polar surface area (TPSA) is 36.9 Å². The molecule has 4 nitrogen and oxygen atoms in total. The van der Waals surface area contributed by atoms with E-state index in [-0.39, 0.29) is 16.6 Å². The summed E-state index contributed by atoms with van der Waals surface area (Å²) in [4.78, 5) is 24.7. The van der Waals surface area contributed by atoms with E-state index in [1.807, 2.05) is 0 Å². The van der Waals surface area contributed by atoms with Gasteiger partial charge in [-0.2, -0.15) is 9.78 Å². The van der Waals surface area contributed by atoms with Crippen molar-refractivity contribution in [2.45, 2.75) is 150 Å². The molecule has 0 radical (unpaired) electrons. The Balaban J connectivity index is 2.98. The van der Waals surface area contributed by atoms with Gasteiger partial charge >= 0.3 is 0 Å². The maximum atomic E-state index is 6.23. The second kappa shape index (κ2) is 11.5. The van der Waals surface area contributed by atoms with Crippen molar-refractivity contribution < 1.29 is 19.6 Å². The van der Waals surface area contributed by atoms with Crippen LogP contribution in [0.1, 0.15) is 133 Å². The monoisotopic (exact) mass is 414 g/mol. The summed E-state index contributed by atoms with van der Waals surface area (Å²) in [5, 5.41) is 0. The normalized spacial score (nSPS) is 28.7. The molecular weight excluding hydrogens is 364 g/mol. The Kier molecular flexibility index (Phi) is 10.6. The van der Waals surface area contributed by atoms with Gasteiger partial charge in [0, 0.05) is 12.8 Å². The van der Waals surface area contributed by atoms with E-state index in [0.717, 1.165) is 70.6 Å². The van der Waals surface area contributed by atoms with Crippen LogP contribution in [0.3, 0.4) is 0 Å². The lowest BCUT2D eigenvalue weighted by Gasteiger charge is -2.47. The SMILES string of the molecule is CCCCC(C)(CC)OOC1(OOC(C)(CC)CCCC)CC(C)CC(C)(C)C1. The summed E-state index contributed by atoms with van der Waals surface area (Å²) in [7, 11) is 0. The van der Waals surface area contributed by atoms with E-state index in [1.54, 1.807) is 0 Å². The van der Waals surface area contributed by atoms with E-state index in [0.29, 0.717) is 5.92 Å². The summed E-state index contributed by atoms with van der Waals surface area (Å²) in [5.41, 5.74) is -0.483. The fourth-order valence-electron chi connectivity index (χ4n) is 4.57. The highest BCUT2D eigenvalue weighted by molar-refractivity contribution is 4.88. The largest absolute Gasteiger partial charge is 0.234 e. The molecule has 29 heavy (non-hydrogen) atoms. The quantitative estimate of drug-likeness (QED) is 0.163. The summed E-state index contributed by atoms with van der Waals surface area (Å²) >= 11 is 0. The molecule has 1 aliphatic carbocycles. The molecule has 0 aliphatic heterocycles. The lowest BCUT2D eigenvalue weighted by atomic mass is 9.70. The summed E-state index contributed by atoms with van der Waals surface area (Å²) in [6, 6.07) is 0. The second-order valence-electron chi connectivity index (χ2n) is 10.9. The van der Waals surface area contributed by atoms with Crippen LogP contribution in [0, 0.1) is 11.3 Å². The Labute approximate surface area is 181 Å². The third-order valence-corrected chi connectivity index (χ3v) is 6.71. The minimum Gasteiger partial charge on any atom is -0.227 e. The molecule has 0 bridgehead atoms. The first-order chi connectivity index (χ1) is 13.5. The maximum absolute atomic E-state index is 6.23. The zero-order valence-corrected chi connectivity index (χ0v) is 21.0. The van der Waals surface area contributed by atoms with E-state index < -0.39 is 5.79 Å². The number of hydrogen-bond acceptors (Lipinski definition) is 4. The molecule has 3 atom stereocenters. The van der Waals surface area contributed by atoms with Gasteiger partial charge in [0.15, 0.2) is 0 Å². The van der Waals surface area contributed by atoms with Gasteiger partial charge in [-0.05, 0) is 57.3 Å². The molecular formula is C25H50O4. The van der Waals surface area contributed by atoms with Gasteiger partial charge in [-0.1, -0.05) is 74.1 Å². The van der Waals surface area contributed by atoms with Crippen molar-refractivity contribution in [1.29, 1.82) is 0 Å². The molecule has 174 valence electrons. The van der Waals surface area contributed by atoms with E-state index in [1.165, 1.54) is 0 Å². The Hall–Kier alpha value is -0.160. The van der Waals surface area contributed by atoms with Gasteiger partial charge in [-0.3, -0.25) is 0 Å². The predicted molar refractivity (Wildman–Crippen MR) is 120 cm³/mol. The Morgan fingerprint density at radius 2 is 1.24 bits per heavy atom. The molecule has 0 aromatic carbocycles. The van der Waals surface area contributed by atoms with Gasteiger partial charge in [0.2, 0.25) is 5.79 Å². The maximum Gasteiger partial charge on any atom is 0.234 e. The second-order valence-corrected chi connectivity index (χ2v) is 10.9. The lowest BCUT2D eigenvalue weighted by molar-refractivity contribution is -0.556. The molecule has 0 heterocycles. The Morgan fingerprint density at radius 3 is 1.59 bits per heavy atom. The van der Waals surface area contributed by atoms with Crippen LogP contribution in [0.2, 0.25) is 0 Å². The van der Waals surface area contributed by atoms with Gasteiger partial charge in [0.1, 0.15) is 11.2 Å². The van der Waals surface area contributed by atoms with Crippen molar-refractivity contribution in [2.24, 2.45) is 11.3 Å². The van der Waals surface area contributed by atoms with Gasteiger partial charge in [-0.25, -0.2) is 9.78 Å². The standard InChI is InChI=1S/C25H50O4/c1-10-14-16-23(8,12-3)26-28-25(19-21(5)18-22(6,7)20-25)29-27-24(9,13-4)17-15-11-2/h21H,10-20H2,1-9H3. The Morgan fingerprint density at radius 1 is 0.793 bits per heavy atom. The first-order valence-corrected chi connectivity index (χ1v) is 12.2. The van der Waals surface area contributed by atoms with Gasteiger partial charge in [-0.15, -0.1) is 0 Å². The first-order valence-electron chi connectivity index (χ1n) is 12.2. The lowest BCUT2D eigenvalue weighted by Crippen LogP contribution is -2.49. The predicted octanol–water partition coefficient (Wildman–Crippen LogP) is 8.14. The molecule has 4 heteroatoms. The minimum absolute atomic E-state index is 0.114. The van der Waals surface area contributed by atoms with Crippen molar-refractivity contribution in [3.8, 4) is 0 Å². The molecule has 0 aromatic rings. The molecule has 1 aliphatic rings. The average molecular weight is 415 g/mol. The zero-order valence-electron chi connectivity index (χ0n) is 21.0. The number of unbranched alkanes of at least 4 members (excludes halogenated alkanes) is 2. The van der Waals surface area contributed by atoms with Crippen molar-refractivity contribution in [3.63, 3.8) is 0 Å². The van der Waals surface area contributed by atoms with E-state index in [4.69, 9.17) is 19.6 Å². The van der Waals surface area contributed by atoms with E-state index >= 15 is 0 Å². The molecule has 0 N–H and O–H groups in total. The molecule has 0 saturated heterocycles. The molecule has 1 fully saturated rings. The third kappa shape index (κ3) is 8.85. The van der Waals surface area contributed by atoms with E-state index in [2.05, 4.69) is 62.3 Å². The van der Waals surface area contributed by atoms with Gasteiger partial charge in [0.05, 0.1) is 0 Å². The van der Waals surface area contributed by atoms with Gasteiger partial charge in [0.25, 0.3) is 0 Å². The van der Waals surface area contributed by atoms with Crippen molar-refractivity contribution >= 4 is 0 Å². The summed E-state index contributed by atoms with van der Waals surface area (Å²) in [6.07, 6.45) is 11.1. The van der Waals surface area contributed by atoms with Gasteiger partial charge < -0.3 is 0 Å². The first kappa shape index (κ1) is 26.9. The number of hydrogen-bond donors (Lipinski definition) is 0. The van der Waals surface area contributed by atoms with Crippen LogP contribution in [0.5, 0.6) is 0 Å². The van der Waals surface area contributed by atoms with Crippen LogP contribution in [-0.4, -0.2) is 17.0 Å². The van der Waals surface area contributed by atoms with Crippen LogP contribution in [0.15, 0.2) is 0 Å². The fraction of sp³-hybridized carbons (Fsp3) is 1.00. The molecule has 0 aromatic heterocycles. The molecule has 0 amide bonds. The highest BCUT2D eigenvalue weighted by atomic mass is 17.3. The molecule has 3 unspecified atom stereocenters. The van der Waals surface area contributed by atoms with E-state index in [9.17, 15) is 0 Å². The van der Waals surface area contributed by atoms with Crippen LogP contribution in [0.4, 0.5) is 0 Å². The van der Waals surface area contributed by atoms with Crippen molar-refractivity contribution in [3.05, 3.63) is 0 Å². The summed E-state index contributed by atoms with van der Waals surface area (Å²) in [5.74, 6) is -0.370. The molecule has 1 rings (SSSR count). The zero-order chi connectivity index (χ0) is 22.2.